The molecule has 0 atom stereocenters. The van der Waals surface area contributed by atoms with Crippen molar-refractivity contribution in [2.75, 3.05) is 5.32 Å². The molecule has 0 radical (unpaired) electrons. The number of aromatic nitrogens is 2. The third-order valence-electron chi connectivity index (χ3n) is 3.91. The lowest BCUT2D eigenvalue weighted by atomic mass is 10.3. The quantitative estimate of drug-likeness (QED) is 0.435. The summed E-state index contributed by atoms with van der Waals surface area (Å²) in [6, 6.07) is 16.4. The molecule has 9 heteroatoms. The summed E-state index contributed by atoms with van der Waals surface area (Å²) >= 11 is 7.44. The Morgan fingerprint density at radius 2 is 1.96 bits per heavy atom. The maximum absolute atomic E-state index is 12.4. The summed E-state index contributed by atoms with van der Waals surface area (Å²) in [5.41, 5.74) is 1.34. The Labute approximate surface area is 170 Å². The van der Waals surface area contributed by atoms with Crippen molar-refractivity contribution in [1.29, 1.82) is 0 Å². The highest BCUT2D eigenvalue weighted by molar-refractivity contribution is 7.99. The molecule has 144 valence electrons. The second-order valence-corrected chi connectivity index (χ2v) is 7.53. The molecule has 28 heavy (non-hydrogen) atoms. The highest BCUT2D eigenvalue weighted by Crippen LogP contribution is 2.33. The first-order valence-electron chi connectivity index (χ1n) is 8.43. The normalized spacial score (nSPS) is 10.6. The molecule has 0 aliphatic carbocycles. The minimum absolute atomic E-state index is 0.152. The van der Waals surface area contributed by atoms with E-state index < -0.39 is 4.92 Å². The van der Waals surface area contributed by atoms with E-state index in [4.69, 9.17) is 11.6 Å². The van der Waals surface area contributed by atoms with Crippen LogP contribution in [0.2, 0.25) is 5.02 Å². The number of amides is 1. The van der Waals surface area contributed by atoms with Gasteiger partial charge in [-0.15, -0.1) is 0 Å². The number of hydrogen-bond donors (Lipinski definition) is 1. The lowest BCUT2D eigenvalue weighted by Crippen LogP contribution is -2.16. The maximum Gasteiger partial charge on any atom is 0.390 e. The second-order valence-electron chi connectivity index (χ2n) is 5.97. The van der Waals surface area contributed by atoms with Gasteiger partial charge in [-0.3, -0.25) is 4.79 Å². The Morgan fingerprint density at radius 3 is 2.64 bits per heavy atom. The van der Waals surface area contributed by atoms with Crippen molar-refractivity contribution >= 4 is 40.8 Å². The summed E-state index contributed by atoms with van der Waals surface area (Å²) in [6.07, 6.45) is 0.152. The van der Waals surface area contributed by atoms with Gasteiger partial charge < -0.3 is 15.4 Å². The summed E-state index contributed by atoms with van der Waals surface area (Å²) in [4.78, 5) is 24.5. The monoisotopic (exact) mass is 416 g/mol. The number of rotatable bonds is 7. The molecule has 7 nitrogen and oxygen atoms in total. The topological polar surface area (TPSA) is 90.1 Å². The number of aryl methyl sites for hydroxylation is 2. The van der Waals surface area contributed by atoms with Crippen LogP contribution in [0.25, 0.3) is 0 Å². The lowest BCUT2D eigenvalue weighted by molar-refractivity contribution is -0.389. The molecule has 3 rings (SSSR count). The van der Waals surface area contributed by atoms with Crippen LogP contribution >= 0.6 is 23.4 Å². The van der Waals surface area contributed by atoms with Crippen molar-refractivity contribution < 1.29 is 9.72 Å². The molecule has 0 spiro atoms. The summed E-state index contributed by atoms with van der Waals surface area (Å²) in [7, 11) is 0. The number of carbonyl (C=O) groups is 1. The average molecular weight is 417 g/mol. The third kappa shape index (κ3) is 5.11. The zero-order chi connectivity index (χ0) is 20.1. The van der Waals surface area contributed by atoms with Crippen LogP contribution in [0.3, 0.4) is 0 Å². The fourth-order valence-electron chi connectivity index (χ4n) is 2.52. The van der Waals surface area contributed by atoms with Gasteiger partial charge in [0.2, 0.25) is 5.91 Å². The van der Waals surface area contributed by atoms with Crippen LogP contribution in [0, 0.1) is 17.0 Å². The van der Waals surface area contributed by atoms with E-state index in [2.05, 4.69) is 10.4 Å². The van der Waals surface area contributed by atoms with E-state index in [0.29, 0.717) is 16.4 Å². The molecule has 0 saturated carbocycles. The van der Waals surface area contributed by atoms with Crippen LogP contribution in [0.1, 0.15) is 12.1 Å². The van der Waals surface area contributed by atoms with E-state index in [9.17, 15) is 14.9 Å². The van der Waals surface area contributed by atoms with Crippen molar-refractivity contribution in [3.63, 3.8) is 0 Å². The Hall–Kier alpha value is -2.84. The predicted octanol–water partition coefficient (Wildman–Crippen LogP) is 4.93. The molecular weight excluding hydrogens is 400 g/mol. The van der Waals surface area contributed by atoms with E-state index in [1.165, 1.54) is 22.5 Å². The number of nitrogens with one attached hydrogen (secondary N) is 1. The first kappa shape index (κ1) is 19.9. The largest absolute Gasteiger partial charge is 0.390 e. The van der Waals surface area contributed by atoms with Crippen molar-refractivity contribution in [2.24, 2.45) is 0 Å². The molecule has 1 heterocycles. The SMILES string of the molecule is Cc1cc([N+](=O)[O-])nn1CCC(=O)Nc1ccccc1Sc1ccc(Cl)cc1. The van der Waals surface area contributed by atoms with Crippen LogP contribution in [0.4, 0.5) is 11.5 Å². The number of nitro groups is 1. The Kier molecular flexibility index (Phi) is 6.33. The summed E-state index contributed by atoms with van der Waals surface area (Å²) in [5, 5.41) is 18.3. The standard InChI is InChI=1S/C19H17ClN4O3S/c1-13-12-18(24(26)27)22-23(13)11-10-19(25)21-16-4-2-3-5-17(16)28-15-8-6-14(20)7-9-15/h2-9,12H,10-11H2,1H3,(H,21,25). The van der Waals surface area contributed by atoms with Gasteiger partial charge >= 0.3 is 5.82 Å². The number of para-hydroxylation sites is 1. The predicted molar refractivity (Wildman–Crippen MR) is 109 cm³/mol. The Bertz CT molecular complexity index is 1000. The third-order valence-corrected chi connectivity index (χ3v) is 5.24. The molecule has 3 aromatic rings. The van der Waals surface area contributed by atoms with Gasteiger partial charge in [0.15, 0.2) is 0 Å². The number of benzene rings is 2. The molecule has 0 unspecified atom stereocenters. The zero-order valence-corrected chi connectivity index (χ0v) is 16.5. The van der Waals surface area contributed by atoms with Gasteiger partial charge in [-0.05, 0) is 48.2 Å². The zero-order valence-electron chi connectivity index (χ0n) is 15.0. The smallest absolute Gasteiger partial charge is 0.358 e. The number of anilines is 1. The van der Waals surface area contributed by atoms with Crippen LogP contribution in [0.5, 0.6) is 0 Å². The van der Waals surface area contributed by atoms with Gasteiger partial charge in [-0.2, -0.15) is 4.68 Å². The molecule has 1 N–H and O–H groups in total. The molecule has 0 fully saturated rings. The first-order chi connectivity index (χ1) is 13.4. The fraction of sp³-hybridized carbons (Fsp3) is 0.158. The molecule has 0 bridgehead atoms. The van der Waals surface area contributed by atoms with Gasteiger partial charge in [0.05, 0.1) is 29.1 Å². The van der Waals surface area contributed by atoms with E-state index in [1.807, 2.05) is 48.5 Å². The molecule has 0 saturated heterocycles. The number of nitrogens with zero attached hydrogens (tertiary/aromatic N) is 3. The van der Waals surface area contributed by atoms with Crippen molar-refractivity contribution in [1.82, 2.24) is 9.78 Å². The fourth-order valence-corrected chi connectivity index (χ4v) is 3.54. The van der Waals surface area contributed by atoms with Gasteiger partial charge in [-0.25, -0.2) is 0 Å². The van der Waals surface area contributed by atoms with E-state index in [0.717, 1.165) is 9.79 Å². The molecule has 1 aromatic heterocycles. The second kappa shape index (κ2) is 8.90. The van der Waals surface area contributed by atoms with Gasteiger partial charge in [0.1, 0.15) is 0 Å². The molecule has 1 amide bonds. The highest BCUT2D eigenvalue weighted by Gasteiger charge is 2.16. The Morgan fingerprint density at radius 1 is 1.25 bits per heavy atom. The average Bonchev–Trinajstić information content (AvgIpc) is 3.04. The van der Waals surface area contributed by atoms with Gasteiger partial charge in [0, 0.05) is 21.2 Å². The molecule has 2 aromatic carbocycles. The highest BCUT2D eigenvalue weighted by atomic mass is 35.5. The summed E-state index contributed by atoms with van der Waals surface area (Å²) in [5.74, 6) is -0.413. The van der Waals surface area contributed by atoms with E-state index in [-0.39, 0.29) is 24.7 Å². The molecular formula is C19H17ClN4O3S. The summed E-state index contributed by atoms with van der Waals surface area (Å²) in [6.45, 7) is 1.98. The minimum Gasteiger partial charge on any atom is -0.358 e. The van der Waals surface area contributed by atoms with Gasteiger partial charge in [-0.1, -0.05) is 35.5 Å². The van der Waals surface area contributed by atoms with Crippen molar-refractivity contribution in [2.45, 2.75) is 29.7 Å². The maximum atomic E-state index is 12.4. The van der Waals surface area contributed by atoms with Crippen molar-refractivity contribution in [3.05, 3.63) is 75.4 Å². The van der Waals surface area contributed by atoms with Crippen LogP contribution in [0.15, 0.2) is 64.4 Å². The van der Waals surface area contributed by atoms with Crippen LogP contribution < -0.4 is 5.32 Å². The number of carbonyl (C=O) groups excluding carboxylic acids is 1. The number of hydrogen-bond acceptors (Lipinski definition) is 5. The first-order valence-corrected chi connectivity index (χ1v) is 9.63. The lowest BCUT2D eigenvalue weighted by Gasteiger charge is -2.11. The van der Waals surface area contributed by atoms with Gasteiger partial charge in [0.25, 0.3) is 0 Å². The minimum atomic E-state index is -0.548. The molecule has 0 aliphatic rings. The van der Waals surface area contributed by atoms with E-state index >= 15 is 0 Å². The van der Waals surface area contributed by atoms with Crippen LogP contribution in [-0.4, -0.2) is 20.6 Å². The van der Waals surface area contributed by atoms with Crippen LogP contribution in [-0.2, 0) is 11.3 Å². The molecule has 0 aliphatic heterocycles. The van der Waals surface area contributed by atoms with E-state index in [1.54, 1.807) is 6.92 Å². The summed E-state index contributed by atoms with van der Waals surface area (Å²) < 4.78 is 1.46. The van der Waals surface area contributed by atoms with Crippen molar-refractivity contribution in [3.8, 4) is 0 Å². The Balaban J connectivity index is 1.64. The number of halogens is 1.